The first kappa shape index (κ1) is 14.2. The summed E-state index contributed by atoms with van der Waals surface area (Å²) in [5.41, 5.74) is 2.55. The molecule has 1 amide bonds. The topological polar surface area (TPSA) is 105 Å². The van der Waals surface area contributed by atoms with E-state index in [1.54, 1.807) is 30.3 Å². The van der Waals surface area contributed by atoms with Crippen LogP contribution < -0.4 is 5.43 Å². The molecule has 0 unspecified atom stereocenters. The third kappa shape index (κ3) is 3.63. The molecular weight excluding hydrogens is 274 g/mol. The molecule has 7 heteroatoms. The molecule has 0 bridgehead atoms. The van der Waals surface area contributed by atoms with Crippen molar-refractivity contribution in [2.75, 3.05) is 0 Å². The molecule has 0 radical (unpaired) electrons. The Morgan fingerprint density at radius 3 is 2.62 bits per heavy atom. The number of nitro groups is 1. The summed E-state index contributed by atoms with van der Waals surface area (Å²) in [5, 5.41) is 23.8. The van der Waals surface area contributed by atoms with E-state index in [1.807, 2.05) is 0 Å². The number of phenolic OH excluding ortho intramolecular Hbond substituents is 1. The van der Waals surface area contributed by atoms with Gasteiger partial charge in [-0.15, -0.1) is 0 Å². The van der Waals surface area contributed by atoms with Crippen molar-refractivity contribution < 1.29 is 14.8 Å². The van der Waals surface area contributed by atoms with E-state index in [9.17, 15) is 20.0 Å². The Balaban J connectivity index is 2.13. The summed E-state index contributed by atoms with van der Waals surface area (Å²) in [6.07, 6.45) is 1.11. The van der Waals surface area contributed by atoms with Crippen molar-refractivity contribution in [1.29, 1.82) is 0 Å². The van der Waals surface area contributed by atoms with E-state index in [0.717, 1.165) is 12.3 Å². The molecule has 21 heavy (non-hydrogen) atoms. The molecule has 0 aliphatic rings. The Kier molecular flexibility index (Phi) is 4.25. The Bertz CT molecular complexity index is 699. The van der Waals surface area contributed by atoms with Crippen molar-refractivity contribution in [2.45, 2.75) is 0 Å². The number of rotatable bonds is 4. The molecular formula is C14H11N3O4. The zero-order chi connectivity index (χ0) is 15.2. The fourth-order valence-corrected chi connectivity index (χ4v) is 1.63. The molecule has 0 fully saturated rings. The first-order chi connectivity index (χ1) is 10.1. The molecule has 0 heterocycles. The number of nitro benzene ring substituents is 1. The van der Waals surface area contributed by atoms with Crippen molar-refractivity contribution in [3.8, 4) is 5.75 Å². The van der Waals surface area contributed by atoms with Gasteiger partial charge in [0.25, 0.3) is 11.6 Å². The average Bonchev–Trinajstić information content (AvgIpc) is 2.48. The van der Waals surface area contributed by atoms with E-state index in [-0.39, 0.29) is 17.0 Å². The van der Waals surface area contributed by atoms with Crippen molar-refractivity contribution in [3.63, 3.8) is 0 Å². The normalized spacial score (nSPS) is 10.5. The lowest BCUT2D eigenvalue weighted by Crippen LogP contribution is -2.17. The van der Waals surface area contributed by atoms with Gasteiger partial charge in [0.15, 0.2) is 0 Å². The van der Waals surface area contributed by atoms with Crippen molar-refractivity contribution >= 4 is 17.8 Å². The van der Waals surface area contributed by atoms with Gasteiger partial charge in [0.05, 0.1) is 16.7 Å². The number of hydrazone groups is 1. The van der Waals surface area contributed by atoms with Gasteiger partial charge in [-0.05, 0) is 24.3 Å². The van der Waals surface area contributed by atoms with Gasteiger partial charge in [0.2, 0.25) is 0 Å². The lowest BCUT2D eigenvalue weighted by atomic mass is 10.2. The first-order valence-electron chi connectivity index (χ1n) is 5.94. The second kappa shape index (κ2) is 6.29. The predicted octanol–water partition coefficient (Wildman–Crippen LogP) is 2.06. The van der Waals surface area contributed by atoms with Crippen LogP contribution in [-0.2, 0) is 0 Å². The average molecular weight is 285 g/mol. The number of amides is 1. The number of hydrogen-bond acceptors (Lipinski definition) is 5. The summed E-state index contributed by atoms with van der Waals surface area (Å²) < 4.78 is 0. The summed E-state index contributed by atoms with van der Waals surface area (Å²) in [7, 11) is 0. The monoisotopic (exact) mass is 285 g/mol. The lowest BCUT2D eigenvalue weighted by Gasteiger charge is -2.00. The van der Waals surface area contributed by atoms with E-state index in [2.05, 4.69) is 10.5 Å². The minimum atomic E-state index is -0.597. The van der Waals surface area contributed by atoms with Gasteiger partial charge in [-0.2, -0.15) is 5.10 Å². The molecule has 0 saturated heterocycles. The van der Waals surface area contributed by atoms with Gasteiger partial charge >= 0.3 is 0 Å². The smallest absolute Gasteiger partial charge is 0.278 e. The van der Waals surface area contributed by atoms with Crippen LogP contribution in [0, 0.1) is 10.1 Å². The van der Waals surface area contributed by atoms with Crippen LogP contribution in [0.4, 0.5) is 5.69 Å². The number of carbonyl (C=O) groups is 1. The molecule has 0 spiro atoms. The van der Waals surface area contributed by atoms with Crippen LogP contribution in [0.5, 0.6) is 5.75 Å². The van der Waals surface area contributed by atoms with Gasteiger partial charge in [0.1, 0.15) is 5.75 Å². The highest BCUT2D eigenvalue weighted by atomic mass is 16.6. The molecule has 0 aliphatic heterocycles. The van der Waals surface area contributed by atoms with Crippen LogP contribution in [0.1, 0.15) is 15.9 Å². The van der Waals surface area contributed by atoms with Gasteiger partial charge in [-0.3, -0.25) is 14.9 Å². The van der Waals surface area contributed by atoms with Crippen LogP contribution in [0.15, 0.2) is 53.6 Å². The standard InChI is InChI=1S/C14H11N3O4/c18-12-6-7-13(17(20)21)11(8-12)9-15-16-14(19)10-4-2-1-3-5-10/h1-9,18H,(H,16,19)/b15-9-. The quantitative estimate of drug-likeness (QED) is 0.509. The van der Waals surface area contributed by atoms with E-state index in [1.165, 1.54) is 12.1 Å². The highest BCUT2D eigenvalue weighted by molar-refractivity contribution is 5.95. The van der Waals surface area contributed by atoms with Crippen LogP contribution in [0.2, 0.25) is 0 Å². The second-order valence-electron chi connectivity index (χ2n) is 4.07. The predicted molar refractivity (Wildman–Crippen MR) is 76.3 cm³/mol. The molecule has 106 valence electrons. The number of aromatic hydroxyl groups is 1. The fraction of sp³-hybridized carbons (Fsp3) is 0. The summed E-state index contributed by atoms with van der Waals surface area (Å²) in [5.74, 6) is -0.564. The van der Waals surface area contributed by atoms with Crippen LogP contribution in [-0.4, -0.2) is 22.2 Å². The first-order valence-corrected chi connectivity index (χ1v) is 5.94. The van der Waals surface area contributed by atoms with Crippen molar-refractivity contribution in [1.82, 2.24) is 5.43 Å². The fourth-order valence-electron chi connectivity index (χ4n) is 1.63. The summed E-state index contributed by atoms with van der Waals surface area (Å²) in [6, 6.07) is 12.0. The maximum Gasteiger partial charge on any atom is 0.278 e. The van der Waals surface area contributed by atoms with E-state index in [0.29, 0.717) is 5.56 Å². The lowest BCUT2D eigenvalue weighted by molar-refractivity contribution is -0.385. The summed E-state index contributed by atoms with van der Waals surface area (Å²) >= 11 is 0. The Morgan fingerprint density at radius 2 is 1.95 bits per heavy atom. The minimum absolute atomic E-state index is 0.0911. The number of phenols is 1. The molecule has 0 aromatic heterocycles. The molecule has 0 aliphatic carbocycles. The maximum absolute atomic E-state index is 11.7. The minimum Gasteiger partial charge on any atom is -0.508 e. The third-order valence-corrected chi connectivity index (χ3v) is 2.61. The Morgan fingerprint density at radius 1 is 1.24 bits per heavy atom. The highest BCUT2D eigenvalue weighted by Gasteiger charge is 2.12. The SMILES string of the molecule is O=C(N/N=C\c1cc(O)ccc1[N+](=O)[O-])c1ccccc1. The van der Waals surface area contributed by atoms with E-state index < -0.39 is 10.8 Å². The largest absolute Gasteiger partial charge is 0.508 e. The van der Waals surface area contributed by atoms with E-state index >= 15 is 0 Å². The number of nitrogens with zero attached hydrogens (tertiary/aromatic N) is 2. The Labute approximate surface area is 119 Å². The maximum atomic E-state index is 11.7. The van der Waals surface area contributed by atoms with Crippen LogP contribution >= 0.6 is 0 Å². The van der Waals surface area contributed by atoms with Gasteiger partial charge in [-0.25, -0.2) is 5.43 Å². The molecule has 2 rings (SSSR count). The van der Waals surface area contributed by atoms with E-state index in [4.69, 9.17) is 0 Å². The summed E-state index contributed by atoms with van der Waals surface area (Å²) in [4.78, 5) is 21.9. The number of carbonyl (C=O) groups excluding carboxylic acids is 1. The number of hydrogen-bond donors (Lipinski definition) is 2. The molecule has 2 N–H and O–H groups in total. The molecule has 2 aromatic carbocycles. The summed E-state index contributed by atoms with van der Waals surface area (Å²) in [6.45, 7) is 0. The number of nitrogens with one attached hydrogen (secondary N) is 1. The zero-order valence-corrected chi connectivity index (χ0v) is 10.8. The number of benzene rings is 2. The van der Waals surface area contributed by atoms with Crippen molar-refractivity contribution in [3.05, 3.63) is 69.8 Å². The van der Waals surface area contributed by atoms with Gasteiger partial charge in [-0.1, -0.05) is 18.2 Å². The molecule has 7 nitrogen and oxygen atoms in total. The third-order valence-electron chi connectivity index (χ3n) is 2.61. The van der Waals surface area contributed by atoms with Crippen LogP contribution in [0.3, 0.4) is 0 Å². The van der Waals surface area contributed by atoms with Crippen molar-refractivity contribution in [2.24, 2.45) is 5.10 Å². The molecule has 0 saturated carbocycles. The molecule has 0 atom stereocenters. The Hall–Kier alpha value is -3.22. The second-order valence-corrected chi connectivity index (χ2v) is 4.07. The van der Waals surface area contributed by atoms with Gasteiger partial charge in [0, 0.05) is 11.6 Å². The molecule has 2 aromatic rings. The van der Waals surface area contributed by atoms with Gasteiger partial charge < -0.3 is 5.11 Å². The zero-order valence-electron chi connectivity index (χ0n) is 10.8. The highest BCUT2D eigenvalue weighted by Crippen LogP contribution is 2.21. The van der Waals surface area contributed by atoms with Crippen LogP contribution in [0.25, 0.3) is 0 Å².